The summed E-state index contributed by atoms with van der Waals surface area (Å²) in [7, 11) is 0. The zero-order valence-electron chi connectivity index (χ0n) is 14.6. The zero-order chi connectivity index (χ0) is 17.9. The Kier molecular flexibility index (Phi) is 3.22. The van der Waals surface area contributed by atoms with Gasteiger partial charge >= 0.3 is 0 Å². The smallest absolute Gasteiger partial charge is 0.161 e. The van der Waals surface area contributed by atoms with E-state index in [1.165, 1.54) is 22.3 Å². The lowest BCUT2D eigenvalue weighted by Gasteiger charge is -2.21. The van der Waals surface area contributed by atoms with Crippen molar-refractivity contribution in [3.8, 4) is 22.5 Å². The van der Waals surface area contributed by atoms with E-state index in [1.54, 1.807) is 0 Å². The molecule has 0 bridgehead atoms. The Labute approximate surface area is 157 Å². The number of hydrogen-bond acceptors (Lipinski definition) is 2. The van der Waals surface area contributed by atoms with Gasteiger partial charge < -0.3 is 0 Å². The third-order valence-corrected chi connectivity index (χ3v) is 5.69. The van der Waals surface area contributed by atoms with Gasteiger partial charge in [-0.15, -0.1) is 0 Å². The van der Waals surface area contributed by atoms with Crippen molar-refractivity contribution < 1.29 is 0 Å². The highest BCUT2D eigenvalue weighted by atomic mass is 35.5. The van der Waals surface area contributed by atoms with E-state index in [0.29, 0.717) is 11.0 Å². The first kappa shape index (κ1) is 15.5. The number of nitrogens with zero attached hydrogens (tertiary/aromatic N) is 2. The summed E-state index contributed by atoms with van der Waals surface area (Å²) < 4.78 is 0. The summed E-state index contributed by atoms with van der Waals surface area (Å²) in [4.78, 5) is 9.28. The lowest BCUT2D eigenvalue weighted by atomic mass is 9.82. The number of para-hydroxylation sites is 1. The number of benzene rings is 3. The van der Waals surface area contributed by atoms with E-state index in [1.807, 2.05) is 24.3 Å². The molecule has 4 aromatic rings. The van der Waals surface area contributed by atoms with Crippen molar-refractivity contribution in [2.45, 2.75) is 19.3 Å². The third-order valence-electron chi connectivity index (χ3n) is 5.40. The van der Waals surface area contributed by atoms with Gasteiger partial charge in [0, 0.05) is 16.4 Å². The lowest BCUT2D eigenvalue weighted by molar-refractivity contribution is 0.660. The molecule has 126 valence electrons. The first-order valence-electron chi connectivity index (χ1n) is 8.73. The van der Waals surface area contributed by atoms with Gasteiger partial charge in [-0.05, 0) is 40.5 Å². The van der Waals surface area contributed by atoms with E-state index in [4.69, 9.17) is 16.6 Å². The van der Waals surface area contributed by atoms with Gasteiger partial charge in [-0.25, -0.2) is 9.97 Å². The van der Waals surface area contributed by atoms with E-state index in [9.17, 15) is 0 Å². The normalized spacial score (nSPS) is 14.3. The Bertz CT molecular complexity index is 1180. The molecule has 2 nitrogen and oxygen atoms in total. The van der Waals surface area contributed by atoms with Gasteiger partial charge in [0.05, 0.1) is 5.52 Å². The molecule has 0 N–H and O–H groups in total. The number of rotatable bonds is 1. The monoisotopic (exact) mass is 356 g/mol. The maximum Gasteiger partial charge on any atom is 0.161 e. The number of hydrogen-bond donors (Lipinski definition) is 0. The molecule has 1 aliphatic rings. The van der Waals surface area contributed by atoms with Crippen LogP contribution in [0.1, 0.15) is 25.0 Å². The molecular weight excluding hydrogens is 340 g/mol. The molecule has 1 aromatic heterocycles. The Balaban J connectivity index is 1.72. The summed E-state index contributed by atoms with van der Waals surface area (Å²) >= 11 is 6.41. The molecule has 1 heterocycles. The molecule has 0 amide bonds. The summed E-state index contributed by atoms with van der Waals surface area (Å²) in [6.45, 7) is 4.55. The molecule has 1 aliphatic carbocycles. The molecule has 0 saturated carbocycles. The summed E-state index contributed by atoms with van der Waals surface area (Å²) in [5, 5.41) is 1.38. The van der Waals surface area contributed by atoms with Crippen LogP contribution in [0, 0.1) is 0 Å². The van der Waals surface area contributed by atoms with Crippen LogP contribution >= 0.6 is 11.6 Å². The Morgan fingerprint density at radius 3 is 2.38 bits per heavy atom. The van der Waals surface area contributed by atoms with E-state index >= 15 is 0 Å². The van der Waals surface area contributed by atoms with Gasteiger partial charge in [0.15, 0.2) is 5.82 Å². The fourth-order valence-electron chi connectivity index (χ4n) is 4.01. The van der Waals surface area contributed by atoms with Gasteiger partial charge in [-0.2, -0.15) is 0 Å². The average Bonchev–Trinajstić information content (AvgIpc) is 2.89. The van der Waals surface area contributed by atoms with Gasteiger partial charge in [-0.3, -0.25) is 0 Å². The van der Waals surface area contributed by atoms with Crippen LogP contribution in [0.3, 0.4) is 0 Å². The maximum absolute atomic E-state index is 6.41. The van der Waals surface area contributed by atoms with Gasteiger partial charge in [0.25, 0.3) is 0 Å². The number of fused-ring (bicyclic) bond motifs is 4. The van der Waals surface area contributed by atoms with Crippen molar-refractivity contribution in [1.82, 2.24) is 9.97 Å². The van der Waals surface area contributed by atoms with Crippen LogP contribution in [-0.2, 0) is 5.41 Å². The van der Waals surface area contributed by atoms with Crippen LogP contribution in [0.5, 0.6) is 0 Å². The van der Waals surface area contributed by atoms with Crippen molar-refractivity contribution in [3.05, 3.63) is 83.0 Å². The highest BCUT2D eigenvalue weighted by Crippen LogP contribution is 2.49. The summed E-state index contributed by atoms with van der Waals surface area (Å²) in [6.07, 6.45) is 0. The Morgan fingerprint density at radius 2 is 1.50 bits per heavy atom. The van der Waals surface area contributed by atoms with Crippen LogP contribution in [0.15, 0.2) is 66.7 Å². The third kappa shape index (κ3) is 2.12. The molecule has 0 fully saturated rings. The van der Waals surface area contributed by atoms with E-state index in [2.05, 4.69) is 61.3 Å². The molecule has 0 radical (unpaired) electrons. The second-order valence-corrected chi connectivity index (χ2v) is 7.64. The molecule has 26 heavy (non-hydrogen) atoms. The molecule has 0 atom stereocenters. The highest BCUT2D eigenvalue weighted by molar-refractivity contribution is 6.34. The van der Waals surface area contributed by atoms with Crippen LogP contribution < -0.4 is 0 Å². The second-order valence-electron chi connectivity index (χ2n) is 7.29. The van der Waals surface area contributed by atoms with E-state index in [-0.39, 0.29) is 5.41 Å². The first-order valence-corrected chi connectivity index (χ1v) is 9.10. The predicted octanol–water partition coefficient (Wildman–Crippen LogP) is 6.26. The zero-order valence-corrected chi connectivity index (χ0v) is 15.4. The van der Waals surface area contributed by atoms with Crippen LogP contribution in [0.25, 0.3) is 33.4 Å². The fourth-order valence-corrected chi connectivity index (χ4v) is 4.25. The fraction of sp³-hybridized carbons (Fsp3) is 0.130. The van der Waals surface area contributed by atoms with Gasteiger partial charge in [0.2, 0.25) is 0 Å². The summed E-state index contributed by atoms with van der Waals surface area (Å²) in [6, 6.07) is 23.0. The first-order chi connectivity index (χ1) is 12.6. The molecule has 0 aliphatic heterocycles. The van der Waals surface area contributed by atoms with E-state index < -0.39 is 0 Å². The molecule has 3 aromatic carbocycles. The summed E-state index contributed by atoms with van der Waals surface area (Å²) in [5.41, 5.74) is 7.11. The molecule has 0 unspecified atom stereocenters. The average molecular weight is 357 g/mol. The minimum Gasteiger partial charge on any atom is -0.228 e. The van der Waals surface area contributed by atoms with E-state index in [0.717, 1.165) is 16.5 Å². The lowest BCUT2D eigenvalue weighted by Crippen LogP contribution is -2.15. The molecule has 5 rings (SSSR count). The number of aromatic nitrogens is 2. The SMILES string of the molecule is CC1(C)c2ccccc2-c2ccc(-c3nc(Cl)c4ccccc4n3)cc21. The van der Waals surface area contributed by atoms with Crippen molar-refractivity contribution in [3.63, 3.8) is 0 Å². The minimum atomic E-state index is -0.0391. The Morgan fingerprint density at radius 1 is 0.769 bits per heavy atom. The van der Waals surface area contributed by atoms with Crippen LogP contribution in [0.4, 0.5) is 0 Å². The minimum absolute atomic E-state index is 0.0391. The molecular formula is C23H17ClN2. The topological polar surface area (TPSA) is 25.8 Å². The molecule has 0 saturated heterocycles. The number of halogens is 1. The van der Waals surface area contributed by atoms with Crippen molar-refractivity contribution >= 4 is 22.5 Å². The summed E-state index contributed by atoms with van der Waals surface area (Å²) in [5.74, 6) is 0.670. The Hall–Kier alpha value is -2.71. The van der Waals surface area contributed by atoms with Crippen molar-refractivity contribution in [2.24, 2.45) is 0 Å². The molecule has 3 heteroatoms. The van der Waals surface area contributed by atoms with Crippen molar-refractivity contribution in [1.29, 1.82) is 0 Å². The van der Waals surface area contributed by atoms with Crippen LogP contribution in [0.2, 0.25) is 5.15 Å². The second kappa shape index (κ2) is 5.39. The maximum atomic E-state index is 6.41. The standard InChI is InChI=1S/C23H17ClN2/c1-23(2)18-9-5-3-7-15(18)16-12-11-14(13-19(16)23)22-25-20-10-6-4-8-17(20)21(24)26-22/h3-13H,1-2H3. The van der Waals surface area contributed by atoms with Crippen LogP contribution in [-0.4, -0.2) is 9.97 Å². The van der Waals surface area contributed by atoms with Gasteiger partial charge in [-0.1, -0.05) is 74.0 Å². The predicted molar refractivity (Wildman–Crippen MR) is 108 cm³/mol. The quantitative estimate of drug-likeness (QED) is 0.376. The molecule has 0 spiro atoms. The van der Waals surface area contributed by atoms with Gasteiger partial charge in [0.1, 0.15) is 5.15 Å². The van der Waals surface area contributed by atoms with Crippen molar-refractivity contribution in [2.75, 3.05) is 0 Å². The largest absolute Gasteiger partial charge is 0.228 e. The highest BCUT2D eigenvalue weighted by Gasteiger charge is 2.35.